The van der Waals surface area contributed by atoms with Crippen LogP contribution in [-0.4, -0.2) is 24.8 Å². The maximum Gasteiger partial charge on any atom is 0.408 e. The Hall–Kier alpha value is -2.04. The van der Waals surface area contributed by atoms with Gasteiger partial charge in [-0.2, -0.15) is 0 Å². The van der Waals surface area contributed by atoms with Gasteiger partial charge in [-0.15, -0.1) is 0 Å². The molecule has 5 nitrogen and oxygen atoms in total. The number of nitrogens with one attached hydrogen (secondary N) is 1. The normalized spacial score (nSPS) is 12.4. The molecule has 1 N–H and O–H groups in total. The molecule has 21 heavy (non-hydrogen) atoms. The van der Waals surface area contributed by atoms with Gasteiger partial charge in [0.2, 0.25) is 0 Å². The van der Waals surface area contributed by atoms with Crippen LogP contribution in [0, 0.1) is 6.92 Å². The summed E-state index contributed by atoms with van der Waals surface area (Å²) in [6.45, 7) is 7.33. The first kappa shape index (κ1) is 17.0. The van der Waals surface area contributed by atoms with Gasteiger partial charge in [0.1, 0.15) is 5.60 Å². The number of amides is 1. The molecule has 0 aliphatic heterocycles. The third kappa shape index (κ3) is 6.29. The number of hydrogen-bond donors (Lipinski definition) is 1. The molecule has 0 aliphatic carbocycles. The zero-order valence-corrected chi connectivity index (χ0v) is 13.2. The fraction of sp³-hybridized carbons (Fsp3) is 0.500. The van der Waals surface area contributed by atoms with E-state index < -0.39 is 23.7 Å². The molecule has 1 amide bonds. The lowest BCUT2D eigenvalue weighted by Gasteiger charge is -2.23. The van der Waals surface area contributed by atoms with Crippen LogP contribution in [0.25, 0.3) is 0 Å². The Balaban J connectivity index is 2.84. The number of aryl methyl sites for hydroxylation is 1. The molecule has 0 fully saturated rings. The molecule has 116 valence electrons. The van der Waals surface area contributed by atoms with E-state index in [9.17, 15) is 9.59 Å². The standard InChI is InChI=1S/C16H23NO4/c1-11-6-8-12(9-7-11)13(10-14(18)20-5)17-15(19)21-16(2,3)4/h6-9,13H,10H2,1-5H3,(H,17,19)/t13-/m0/s1. The van der Waals surface area contributed by atoms with Crippen LogP contribution in [0.15, 0.2) is 24.3 Å². The fourth-order valence-corrected chi connectivity index (χ4v) is 1.75. The van der Waals surface area contributed by atoms with E-state index in [1.165, 1.54) is 7.11 Å². The lowest BCUT2D eigenvalue weighted by Crippen LogP contribution is -2.36. The molecule has 0 spiro atoms. The van der Waals surface area contributed by atoms with Crippen LogP contribution >= 0.6 is 0 Å². The van der Waals surface area contributed by atoms with E-state index in [4.69, 9.17) is 4.74 Å². The number of carbonyl (C=O) groups is 2. The first-order valence-corrected chi connectivity index (χ1v) is 6.84. The molecule has 1 atom stereocenters. The third-order valence-electron chi connectivity index (χ3n) is 2.77. The fourth-order valence-electron chi connectivity index (χ4n) is 1.75. The minimum atomic E-state index is -0.590. The molecule has 5 heteroatoms. The van der Waals surface area contributed by atoms with Gasteiger partial charge in [-0.25, -0.2) is 4.79 Å². The van der Waals surface area contributed by atoms with E-state index in [1.807, 2.05) is 31.2 Å². The smallest absolute Gasteiger partial charge is 0.408 e. The molecule has 0 heterocycles. The summed E-state index contributed by atoms with van der Waals surface area (Å²) < 4.78 is 9.90. The largest absolute Gasteiger partial charge is 0.469 e. The summed E-state index contributed by atoms with van der Waals surface area (Å²) in [6.07, 6.45) is -0.504. The molecule has 1 aromatic carbocycles. The molecule has 1 rings (SSSR count). The van der Waals surface area contributed by atoms with E-state index in [1.54, 1.807) is 20.8 Å². The number of esters is 1. The zero-order chi connectivity index (χ0) is 16.0. The minimum Gasteiger partial charge on any atom is -0.469 e. The summed E-state index contributed by atoms with van der Waals surface area (Å²) in [5.41, 5.74) is 1.34. The summed E-state index contributed by atoms with van der Waals surface area (Å²) in [7, 11) is 1.32. The van der Waals surface area contributed by atoms with Crippen LogP contribution in [0.3, 0.4) is 0 Å². The van der Waals surface area contributed by atoms with E-state index >= 15 is 0 Å². The molecule has 0 saturated carbocycles. The molecule has 0 unspecified atom stereocenters. The first-order chi connectivity index (χ1) is 9.71. The molecule has 0 radical (unpaired) electrons. The van der Waals surface area contributed by atoms with Gasteiger partial charge in [0.05, 0.1) is 19.6 Å². The van der Waals surface area contributed by atoms with E-state index in [-0.39, 0.29) is 6.42 Å². The van der Waals surface area contributed by atoms with Crippen LogP contribution in [0.2, 0.25) is 0 Å². The predicted molar refractivity (Wildman–Crippen MR) is 79.9 cm³/mol. The maximum absolute atomic E-state index is 11.9. The summed E-state index contributed by atoms with van der Waals surface area (Å²) in [6, 6.07) is 7.13. The molecule has 0 saturated heterocycles. The van der Waals surface area contributed by atoms with Crippen molar-refractivity contribution in [2.24, 2.45) is 0 Å². The quantitative estimate of drug-likeness (QED) is 0.866. The van der Waals surface area contributed by atoms with Gasteiger partial charge >= 0.3 is 12.1 Å². The van der Waals surface area contributed by atoms with Gasteiger partial charge in [0.25, 0.3) is 0 Å². The number of methoxy groups -OCH3 is 1. The number of alkyl carbamates (subject to hydrolysis) is 1. The van der Waals surface area contributed by atoms with Crippen LogP contribution < -0.4 is 5.32 Å². The van der Waals surface area contributed by atoms with Gasteiger partial charge in [-0.1, -0.05) is 29.8 Å². The van der Waals surface area contributed by atoms with Crippen molar-refractivity contribution >= 4 is 12.1 Å². The molecule has 0 aromatic heterocycles. The van der Waals surface area contributed by atoms with Crippen molar-refractivity contribution in [3.63, 3.8) is 0 Å². The number of hydrogen-bond acceptors (Lipinski definition) is 4. The number of carbonyl (C=O) groups excluding carboxylic acids is 2. The number of ether oxygens (including phenoxy) is 2. The van der Waals surface area contributed by atoms with Crippen molar-refractivity contribution in [1.29, 1.82) is 0 Å². The molecular weight excluding hydrogens is 270 g/mol. The highest BCUT2D eigenvalue weighted by atomic mass is 16.6. The predicted octanol–water partition coefficient (Wildman–Crippen LogP) is 3.12. The van der Waals surface area contributed by atoms with Crippen molar-refractivity contribution in [2.75, 3.05) is 7.11 Å². The Bertz CT molecular complexity index is 488. The average molecular weight is 293 g/mol. The number of benzene rings is 1. The van der Waals surface area contributed by atoms with Crippen LogP contribution in [-0.2, 0) is 14.3 Å². The summed E-state index contributed by atoms with van der Waals surface area (Å²) in [5, 5.41) is 2.71. The highest BCUT2D eigenvalue weighted by molar-refractivity contribution is 5.73. The summed E-state index contributed by atoms with van der Waals surface area (Å²) in [4.78, 5) is 23.4. The molecule has 1 aromatic rings. The Morgan fingerprint density at radius 3 is 2.24 bits per heavy atom. The SMILES string of the molecule is COC(=O)C[C@H](NC(=O)OC(C)(C)C)c1ccc(C)cc1. The van der Waals surface area contributed by atoms with Crippen molar-refractivity contribution in [3.05, 3.63) is 35.4 Å². The van der Waals surface area contributed by atoms with Crippen molar-refractivity contribution in [3.8, 4) is 0 Å². The van der Waals surface area contributed by atoms with Crippen molar-refractivity contribution < 1.29 is 19.1 Å². The zero-order valence-electron chi connectivity index (χ0n) is 13.2. The highest BCUT2D eigenvalue weighted by Crippen LogP contribution is 2.19. The van der Waals surface area contributed by atoms with Crippen molar-refractivity contribution in [2.45, 2.75) is 45.8 Å². The maximum atomic E-state index is 11.9. The topological polar surface area (TPSA) is 64.6 Å². The second-order valence-corrected chi connectivity index (χ2v) is 5.89. The van der Waals surface area contributed by atoms with Gasteiger partial charge in [0.15, 0.2) is 0 Å². The minimum absolute atomic E-state index is 0.0544. The third-order valence-corrected chi connectivity index (χ3v) is 2.77. The molecule has 0 bridgehead atoms. The monoisotopic (exact) mass is 293 g/mol. The lowest BCUT2D eigenvalue weighted by atomic mass is 10.0. The Kier molecular flexibility index (Phi) is 5.76. The van der Waals surface area contributed by atoms with Crippen LogP contribution in [0.1, 0.15) is 44.4 Å². The first-order valence-electron chi connectivity index (χ1n) is 6.84. The van der Waals surface area contributed by atoms with Gasteiger partial charge in [-0.3, -0.25) is 4.79 Å². The summed E-state index contributed by atoms with van der Waals surface area (Å²) >= 11 is 0. The van der Waals surface area contributed by atoms with E-state index in [0.717, 1.165) is 11.1 Å². The van der Waals surface area contributed by atoms with Gasteiger partial charge in [-0.05, 0) is 33.3 Å². The van der Waals surface area contributed by atoms with E-state index in [0.29, 0.717) is 0 Å². The second-order valence-electron chi connectivity index (χ2n) is 5.89. The summed E-state index contributed by atoms with van der Waals surface area (Å²) in [5.74, 6) is -0.392. The van der Waals surface area contributed by atoms with Gasteiger partial charge < -0.3 is 14.8 Å². The van der Waals surface area contributed by atoms with Crippen LogP contribution in [0.4, 0.5) is 4.79 Å². The Morgan fingerprint density at radius 2 is 1.76 bits per heavy atom. The van der Waals surface area contributed by atoms with Gasteiger partial charge in [0, 0.05) is 0 Å². The van der Waals surface area contributed by atoms with Crippen LogP contribution in [0.5, 0.6) is 0 Å². The highest BCUT2D eigenvalue weighted by Gasteiger charge is 2.22. The molecule has 0 aliphatic rings. The molecular formula is C16H23NO4. The average Bonchev–Trinajstić information content (AvgIpc) is 2.36. The lowest BCUT2D eigenvalue weighted by molar-refractivity contribution is -0.141. The number of rotatable bonds is 4. The van der Waals surface area contributed by atoms with E-state index in [2.05, 4.69) is 10.1 Å². The van der Waals surface area contributed by atoms with Crippen molar-refractivity contribution in [1.82, 2.24) is 5.32 Å². The Morgan fingerprint density at radius 1 is 1.19 bits per heavy atom. The Labute approximate surface area is 125 Å². The second kappa shape index (κ2) is 7.11.